The molecule has 5 N–H and O–H groups in total. The molecule has 0 bridgehead atoms. The molecule has 198 valence electrons. The molecule has 0 aliphatic rings. The smallest absolute Gasteiger partial charge is 0.254 e. The zero-order chi connectivity index (χ0) is 28.0. The molecule has 37 heavy (non-hydrogen) atoms. The van der Waals surface area contributed by atoms with Crippen LogP contribution in [0.15, 0.2) is 65.8 Å². The molecule has 0 radical (unpaired) electrons. The van der Waals surface area contributed by atoms with Gasteiger partial charge in [0.2, 0.25) is 0 Å². The molecular formula is C30H40FN5O. The van der Waals surface area contributed by atoms with Crippen LogP contribution in [0.3, 0.4) is 0 Å². The van der Waals surface area contributed by atoms with E-state index in [-0.39, 0.29) is 17.8 Å². The molecule has 7 heteroatoms. The third-order valence-corrected chi connectivity index (χ3v) is 5.48. The van der Waals surface area contributed by atoms with Crippen molar-refractivity contribution in [3.63, 3.8) is 0 Å². The molecule has 0 spiro atoms. The fourth-order valence-corrected chi connectivity index (χ4v) is 3.28. The molecular weight excluding hydrogens is 465 g/mol. The minimum absolute atomic E-state index is 0.00508. The van der Waals surface area contributed by atoms with E-state index in [9.17, 15) is 14.4 Å². The predicted octanol–water partition coefficient (Wildman–Crippen LogP) is 5.87. The highest BCUT2D eigenvalue weighted by Gasteiger charge is 2.19. The third kappa shape index (κ3) is 9.57. The monoisotopic (exact) mass is 505 g/mol. The summed E-state index contributed by atoms with van der Waals surface area (Å²) in [7, 11) is 0. The molecule has 1 amide bonds. The van der Waals surface area contributed by atoms with E-state index in [1.54, 1.807) is 12.1 Å². The molecule has 0 aliphatic heterocycles. The van der Waals surface area contributed by atoms with Gasteiger partial charge in [0.25, 0.3) is 5.91 Å². The van der Waals surface area contributed by atoms with Gasteiger partial charge < -0.3 is 16.8 Å². The zero-order valence-electron chi connectivity index (χ0n) is 22.7. The molecule has 0 unspecified atom stereocenters. The van der Waals surface area contributed by atoms with Crippen LogP contribution in [0, 0.1) is 17.1 Å². The lowest BCUT2D eigenvalue weighted by Crippen LogP contribution is -2.29. The number of hydrogen-bond donors (Lipinski definition) is 3. The van der Waals surface area contributed by atoms with Gasteiger partial charge in [-0.05, 0) is 43.0 Å². The number of nitrogens with two attached hydrogens (primary N) is 2. The van der Waals surface area contributed by atoms with Crippen molar-refractivity contribution in [1.29, 1.82) is 5.26 Å². The summed E-state index contributed by atoms with van der Waals surface area (Å²) in [5, 5.41) is 12.0. The van der Waals surface area contributed by atoms with Crippen molar-refractivity contribution in [2.24, 2.45) is 16.5 Å². The first-order chi connectivity index (χ1) is 17.5. The van der Waals surface area contributed by atoms with E-state index in [1.165, 1.54) is 18.7 Å². The first-order valence-corrected chi connectivity index (χ1v) is 12.5. The molecule has 0 fully saturated rings. The quantitative estimate of drug-likeness (QED) is 0.276. The maximum Gasteiger partial charge on any atom is 0.254 e. The molecule has 0 heterocycles. The van der Waals surface area contributed by atoms with Crippen LogP contribution in [0.2, 0.25) is 0 Å². The van der Waals surface area contributed by atoms with Gasteiger partial charge in [0, 0.05) is 29.7 Å². The molecule has 6 nitrogen and oxygen atoms in total. The van der Waals surface area contributed by atoms with Crippen molar-refractivity contribution in [2.45, 2.75) is 72.4 Å². The lowest BCUT2D eigenvalue weighted by Gasteiger charge is -2.16. The van der Waals surface area contributed by atoms with Crippen molar-refractivity contribution < 1.29 is 9.18 Å². The molecule has 0 atom stereocenters. The largest absolute Gasteiger partial charge is 0.404 e. The molecule has 2 aromatic carbocycles. The Balaban J connectivity index is 0.00000217. The second kappa shape index (κ2) is 15.2. The maximum absolute atomic E-state index is 14.3. The topological polar surface area (TPSA) is 117 Å². The molecule has 0 saturated carbocycles. The van der Waals surface area contributed by atoms with Gasteiger partial charge in [0.05, 0.1) is 23.6 Å². The lowest BCUT2D eigenvalue weighted by molar-refractivity contribution is -0.117. The molecule has 0 aromatic heterocycles. The number of nitrogens with one attached hydrogen (secondary N) is 1. The number of nitrogens with zero attached hydrogens (tertiary/aromatic N) is 2. The number of carbonyl (C=O) groups is 1. The van der Waals surface area contributed by atoms with E-state index in [0.29, 0.717) is 29.8 Å². The third-order valence-electron chi connectivity index (χ3n) is 5.48. The van der Waals surface area contributed by atoms with Crippen LogP contribution in [-0.4, -0.2) is 11.6 Å². The Morgan fingerprint density at radius 1 is 1.19 bits per heavy atom. The van der Waals surface area contributed by atoms with Crippen molar-refractivity contribution in [2.75, 3.05) is 0 Å². The number of rotatable bonds is 10. The fraction of sp³-hybridized carbons (Fsp3) is 0.367. The zero-order valence-corrected chi connectivity index (χ0v) is 22.7. The second-order valence-corrected chi connectivity index (χ2v) is 9.25. The molecule has 2 aromatic rings. The Hall–Kier alpha value is -3.92. The number of halogens is 1. The van der Waals surface area contributed by atoms with E-state index in [2.05, 4.69) is 36.8 Å². The van der Waals surface area contributed by atoms with Gasteiger partial charge in [-0.3, -0.25) is 9.79 Å². The second-order valence-electron chi connectivity index (χ2n) is 9.25. The van der Waals surface area contributed by atoms with Crippen molar-refractivity contribution in [3.05, 3.63) is 88.9 Å². The van der Waals surface area contributed by atoms with Gasteiger partial charge in [-0.2, -0.15) is 5.26 Å². The van der Waals surface area contributed by atoms with Gasteiger partial charge in [0.1, 0.15) is 5.82 Å². The summed E-state index contributed by atoms with van der Waals surface area (Å²) in [6, 6.07) is 14.5. The minimum Gasteiger partial charge on any atom is -0.404 e. The number of benzene rings is 2. The van der Waals surface area contributed by atoms with Crippen molar-refractivity contribution in [1.82, 2.24) is 5.32 Å². The number of aliphatic imine (C=N–C) groups is 1. The van der Waals surface area contributed by atoms with Crippen LogP contribution < -0.4 is 16.8 Å². The Kier molecular flexibility index (Phi) is 12.8. The van der Waals surface area contributed by atoms with E-state index >= 15 is 0 Å². The number of hydrogen-bond acceptors (Lipinski definition) is 5. The van der Waals surface area contributed by atoms with E-state index < -0.39 is 17.1 Å². The van der Waals surface area contributed by atoms with E-state index in [1.807, 2.05) is 45.0 Å². The van der Waals surface area contributed by atoms with Gasteiger partial charge >= 0.3 is 0 Å². The standard InChI is InChI=1S/C27H32FN5O.C3H8/c1-5-6-25(32-15-19-7-11-22(12-8-19)27(3,4)17-30)23(14-29)26(34)33-16-21-10-9-20(18(2)31)13-24(21)28;1-3-2/h7-14H,2,5-6,15-16,29,31H2,1,3-4H3,(H,33,34);3H2,1-2H3/b23-14+,32-25?;. The fourth-order valence-electron chi connectivity index (χ4n) is 3.28. The summed E-state index contributed by atoms with van der Waals surface area (Å²) in [5.74, 6) is -0.902. The Morgan fingerprint density at radius 2 is 1.81 bits per heavy atom. The Morgan fingerprint density at radius 3 is 2.30 bits per heavy atom. The average molecular weight is 506 g/mol. The van der Waals surface area contributed by atoms with Gasteiger partial charge in [-0.1, -0.05) is 76.6 Å². The van der Waals surface area contributed by atoms with Crippen LogP contribution in [0.5, 0.6) is 0 Å². The first kappa shape index (κ1) is 31.1. The Labute approximate surface area is 221 Å². The van der Waals surface area contributed by atoms with Crippen LogP contribution in [-0.2, 0) is 23.3 Å². The highest BCUT2D eigenvalue weighted by Crippen LogP contribution is 2.22. The lowest BCUT2D eigenvalue weighted by atomic mass is 9.86. The predicted molar refractivity (Wildman–Crippen MR) is 151 cm³/mol. The van der Waals surface area contributed by atoms with Crippen molar-refractivity contribution >= 4 is 17.3 Å². The number of carbonyl (C=O) groups excluding carboxylic acids is 1. The molecule has 0 aliphatic carbocycles. The normalized spacial score (nSPS) is 11.7. The van der Waals surface area contributed by atoms with Gasteiger partial charge in [0.15, 0.2) is 0 Å². The van der Waals surface area contributed by atoms with E-state index in [4.69, 9.17) is 11.5 Å². The number of amides is 1. The first-order valence-electron chi connectivity index (χ1n) is 12.5. The van der Waals surface area contributed by atoms with Crippen molar-refractivity contribution in [3.8, 4) is 6.07 Å². The van der Waals surface area contributed by atoms with E-state index in [0.717, 1.165) is 17.5 Å². The summed E-state index contributed by atoms with van der Waals surface area (Å²) in [6.45, 7) is 13.9. The number of nitriles is 1. The van der Waals surface area contributed by atoms with Crippen LogP contribution in [0.1, 0.15) is 76.1 Å². The summed E-state index contributed by atoms with van der Waals surface area (Å²) in [5.41, 5.74) is 14.6. The SMILES string of the molecule is C=C(N)c1ccc(CNC(=O)/C(=C/N)C(CCC)=NCc2ccc(C(C)(C)C#N)cc2)c(F)c1.CCC. The Bertz CT molecular complexity index is 1160. The van der Waals surface area contributed by atoms with Crippen LogP contribution >= 0.6 is 0 Å². The van der Waals surface area contributed by atoms with Crippen LogP contribution in [0.4, 0.5) is 4.39 Å². The summed E-state index contributed by atoms with van der Waals surface area (Å²) < 4.78 is 14.3. The molecule has 0 saturated heterocycles. The molecule has 2 rings (SSSR count). The van der Waals surface area contributed by atoms with Gasteiger partial charge in [-0.15, -0.1) is 0 Å². The summed E-state index contributed by atoms with van der Waals surface area (Å²) >= 11 is 0. The highest BCUT2D eigenvalue weighted by molar-refractivity contribution is 6.21. The summed E-state index contributed by atoms with van der Waals surface area (Å²) in [4.78, 5) is 17.5. The summed E-state index contributed by atoms with van der Waals surface area (Å²) in [6.07, 6.45) is 3.83. The van der Waals surface area contributed by atoms with Crippen LogP contribution in [0.25, 0.3) is 5.70 Å². The van der Waals surface area contributed by atoms with Gasteiger partial charge in [-0.25, -0.2) is 4.39 Å². The highest BCUT2D eigenvalue weighted by atomic mass is 19.1. The average Bonchev–Trinajstić information content (AvgIpc) is 2.87. The maximum atomic E-state index is 14.3. The minimum atomic E-state index is -0.569.